The fourth-order valence-electron chi connectivity index (χ4n) is 4.44. The summed E-state index contributed by atoms with van der Waals surface area (Å²) in [5.41, 5.74) is 4.88. The number of benzene rings is 2. The molecule has 0 atom stereocenters. The van der Waals surface area contributed by atoms with E-state index in [1.165, 1.54) is 11.1 Å². The van der Waals surface area contributed by atoms with E-state index >= 15 is 0 Å². The van der Waals surface area contributed by atoms with Gasteiger partial charge in [-0.05, 0) is 70.9 Å². The number of halogens is 1. The molecule has 0 saturated carbocycles. The largest absolute Gasteiger partial charge is 0.381 e. The molecule has 0 unspecified atom stereocenters. The molecule has 150 valence electrons. The van der Waals surface area contributed by atoms with Crippen molar-refractivity contribution in [2.24, 2.45) is 0 Å². The lowest BCUT2D eigenvalue weighted by atomic mass is 10.0. The standard InChI is InChI=1S/C23H25BrN4O/c24-21-3-1-2-18-15-25-23(27-22(18)21)26-19-5-4-16-6-10-28(11-7-17(16)14-19)20-8-12-29-13-9-20/h1-5,14-15,20H,6-13H2,(H,25,26,27). The van der Waals surface area contributed by atoms with Crippen LogP contribution in [0, 0.1) is 0 Å². The molecule has 6 heteroatoms. The van der Waals surface area contributed by atoms with Crippen LogP contribution in [0.15, 0.2) is 47.1 Å². The Hall–Kier alpha value is -2.02. The zero-order valence-electron chi connectivity index (χ0n) is 16.4. The number of hydrogen-bond acceptors (Lipinski definition) is 5. The van der Waals surface area contributed by atoms with E-state index in [1.54, 1.807) is 0 Å². The van der Waals surface area contributed by atoms with Crippen LogP contribution in [0.25, 0.3) is 10.9 Å². The summed E-state index contributed by atoms with van der Waals surface area (Å²) in [7, 11) is 0. The van der Waals surface area contributed by atoms with Crippen molar-refractivity contribution in [1.82, 2.24) is 14.9 Å². The Labute approximate surface area is 179 Å². The van der Waals surface area contributed by atoms with E-state index in [9.17, 15) is 0 Å². The fourth-order valence-corrected chi connectivity index (χ4v) is 4.91. The zero-order valence-corrected chi connectivity index (χ0v) is 18.0. The van der Waals surface area contributed by atoms with Gasteiger partial charge >= 0.3 is 0 Å². The summed E-state index contributed by atoms with van der Waals surface area (Å²) >= 11 is 3.58. The minimum absolute atomic E-state index is 0.627. The molecule has 5 rings (SSSR count). The normalized spacial score (nSPS) is 18.4. The van der Waals surface area contributed by atoms with Crippen molar-refractivity contribution < 1.29 is 4.74 Å². The van der Waals surface area contributed by atoms with Crippen LogP contribution in [0.2, 0.25) is 0 Å². The van der Waals surface area contributed by atoms with Crippen molar-refractivity contribution in [3.8, 4) is 0 Å². The third kappa shape index (κ3) is 4.15. The Morgan fingerprint density at radius 3 is 2.72 bits per heavy atom. The first-order chi connectivity index (χ1) is 14.3. The minimum Gasteiger partial charge on any atom is -0.381 e. The number of ether oxygens (including phenoxy) is 1. The lowest BCUT2D eigenvalue weighted by Gasteiger charge is -2.33. The van der Waals surface area contributed by atoms with Crippen molar-refractivity contribution in [2.45, 2.75) is 31.7 Å². The van der Waals surface area contributed by atoms with E-state index in [0.29, 0.717) is 12.0 Å². The van der Waals surface area contributed by atoms with E-state index in [1.807, 2.05) is 24.4 Å². The summed E-state index contributed by atoms with van der Waals surface area (Å²) in [5.74, 6) is 0.627. The number of aromatic nitrogens is 2. The Kier molecular flexibility index (Phi) is 5.48. The molecule has 3 heterocycles. The Bertz CT molecular complexity index is 1020. The van der Waals surface area contributed by atoms with Gasteiger partial charge in [0.2, 0.25) is 5.95 Å². The van der Waals surface area contributed by atoms with Gasteiger partial charge in [0, 0.05) is 54.1 Å². The topological polar surface area (TPSA) is 50.3 Å². The van der Waals surface area contributed by atoms with Gasteiger partial charge in [0.15, 0.2) is 0 Å². The van der Waals surface area contributed by atoms with Crippen molar-refractivity contribution >= 4 is 38.5 Å². The van der Waals surface area contributed by atoms with Gasteiger partial charge < -0.3 is 10.1 Å². The third-order valence-electron chi connectivity index (χ3n) is 6.07. The number of fused-ring (bicyclic) bond motifs is 2. The summed E-state index contributed by atoms with van der Waals surface area (Å²) in [6, 6.07) is 13.4. The molecular formula is C23H25BrN4O. The van der Waals surface area contributed by atoms with Crippen molar-refractivity contribution in [2.75, 3.05) is 31.6 Å². The quantitative estimate of drug-likeness (QED) is 0.622. The second-order valence-electron chi connectivity index (χ2n) is 7.86. The number of rotatable bonds is 3. The molecule has 0 radical (unpaired) electrons. The molecule has 1 aromatic heterocycles. The molecule has 1 fully saturated rings. The van der Waals surface area contributed by atoms with Gasteiger partial charge in [-0.1, -0.05) is 18.2 Å². The van der Waals surface area contributed by atoms with E-state index < -0.39 is 0 Å². The highest BCUT2D eigenvalue weighted by Crippen LogP contribution is 2.26. The van der Waals surface area contributed by atoms with Crippen LogP contribution in [0.5, 0.6) is 0 Å². The van der Waals surface area contributed by atoms with Gasteiger partial charge in [-0.25, -0.2) is 9.97 Å². The molecule has 1 saturated heterocycles. The average molecular weight is 453 g/mol. The number of hydrogen-bond donors (Lipinski definition) is 1. The first kappa shape index (κ1) is 19.0. The SMILES string of the molecule is Brc1cccc2cnc(Nc3ccc4c(c3)CCN(C3CCOCC3)CC4)nc12. The molecule has 0 aliphatic carbocycles. The van der Waals surface area contributed by atoms with Gasteiger partial charge in [-0.3, -0.25) is 4.90 Å². The number of para-hydroxylation sites is 1. The van der Waals surface area contributed by atoms with Crippen LogP contribution in [-0.4, -0.2) is 47.2 Å². The molecule has 0 amide bonds. The number of nitrogens with zero attached hydrogens (tertiary/aromatic N) is 3. The maximum absolute atomic E-state index is 5.54. The first-order valence-electron chi connectivity index (χ1n) is 10.4. The van der Waals surface area contributed by atoms with Crippen LogP contribution < -0.4 is 5.32 Å². The lowest BCUT2D eigenvalue weighted by molar-refractivity contribution is 0.0355. The second kappa shape index (κ2) is 8.38. The monoisotopic (exact) mass is 452 g/mol. The summed E-state index contributed by atoms with van der Waals surface area (Å²) in [4.78, 5) is 11.8. The predicted molar refractivity (Wildman–Crippen MR) is 120 cm³/mol. The van der Waals surface area contributed by atoms with E-state index in [0.717, 1.165) is 73.0 Å². The molecule has 29 heavy (non-hydrogen) atoms. The maximum atomic E-state index is 5.54. The summed E-state index contributed by atoms with van der Waals surface area (Å²) in [6.45, 7) is 4.08. The molecule has 2 aliphatic rings. The number of anilines is 2. The second-order valence-corrected chi connectivity index (χ2v) is 8.71. The smallest absolute Gasteiger partial charge is 0.227 e. The summed E-state index contributed by atoms with van der Waals surface area (Å²) in [6.07, 6.45) is 6.40. The van der Waals surface area contributed by atoms with Gasteiger partial charge in [0.1, 0.15) is 0 Å². The highest BCUT2D eigenvalue weighted by atomic mass is 79.9. The zero-order chi connectivity index (χ0) is 19.6. The first-order valence-corrected chi connectivity index (χ1v) is 11.2. The molecule has 2 aliphatic heterocycles. The van der Waals surface area contributed by atoms with Gasteiger partial charge in [-0.15, -0.1) is 0 Å². The van der Waals surface area contributed by atoms with Crippen LogP contribution in [0.1, 0.15) is 24.0 Å². The van der Waals surface area contributed by atoms with Crippen LogP contribution in [-0.2, 0) is 17.6 Å². The highest BCUT2D eigenvalue weighted by molar-refractivity contribution is 9.10. The molecule has 2 aromatic carbocycles. The maximum Gasteiger partial charge on any atom is 0.227 e. The van der Waals surface area contributed by atoms with Crippen LogP contribution >= 0.6 is 15.9 Å². The molecule has 1 N–H and O–H groups in total. The Balaban J connectivity index is 1.33. The van der Waals surface area contributed by atoms with Crippen molar-refractivity contribution in [3.05, 3.63) is 58.2 Å². The fraction of sp³-hybridized carbons (Fsp3) is 0.391. The van der Waals surface area contributed by atoms with Crippen molar-refractivity contribution in [1.29, 1.82) is 0 Å². The minimum atomic E-state index is 0.627. The van der Waals surface area contributed by atoms with E-state index in [2.05, 4.69) is 54.3 Å². The highest BCUT2D eigenvalue weighted by Gasteiger charge is 2.23. The molecular weight excluding hydrogens is 428 g/mol. The lowest BCUT2D eigenvalue weighted by Crippen LogP contribution is -2.40. The Morgan fingerprint density at radius 1 is 1.03 bits per heavy atom. The summed E-state index contributed by atoms with van der Waals surface area (Å²) < 4.78 is 6.52. The third-order valence-corrected chi connectivity index (χ3v) is 6.71. The molecule has 0 spiro atoms. The van der Waals surface area contributed by atoms with Crippen LogP contribution in [0.4, 0.5) is 11.6 Å². The average Bonchev–Trinajstić information content (AvgIpc) is 2.97. The van der Waals surface area contributed by atoms with E-state index in [4.69, 9.17) is 4.74 Å². The predicted octanol–water partition coefficient (Wildman–Crippen LogP) is 4.72. The summed E-state index contributed by atoms with van der Waals surface area (Å²) in [5, 5.41) is 4.42. The molecule has 0 bridgehead atoms. The number of nitrogens with one attached hydrogen (secondary N) is 1. The van der Waals surface area contributed by atoms with Gasteiger partial charge in [0.25, 0.3) is 0 Å². The molecule has 3 aromatic rings. The van der Waals surface area contributed by atoms with Crippen LogP contribution in [0.3, 0.4) is 0 Å². The Morgan fingerprint density at radius 2 is 1.86 bits per heavy atom. The van der Waals surface area contributed by atoms with Gasteiger partial charge in [-0.2, -0.15) is 0 Å². The van der Waals surface area contributed by atoms with E-state index in [-0.39, 0.29) is 0 Å². The van der Waals surface area contributed by atoms with Gasteiger partial charge in [0.05, 0.1) is 5.52 Å². The van der Waals surface area contributed by atoms with Crippen molar-refractivity contribution in [3.63, 3.8) is 0 Å². The molecule has 5 nitrogen and oxygen atoms in total.